The highest BCUT2D eigenvalue weighted by Gasteiger charge is 2.44. The minimum atomic E-state index is -0.994. The molecule has 1 heterocycles. The molecule has 0 aromatic heterocycles. The molecule has 2 aliphatic rings. The van der Waals surface area contributed by atoms with Gasteiger partial charge in [0, 0.05) is 25.2 Å². The molecule has 0 bridgehead atoms. The summed E-state index contributed by atoms with van der Waals surface area (Å²) in [5, 5.41) is 12.7. The number of amides is 3. The van der Waals surface area contributed by atoms with Gasteiger partial charge in [-0.3, -0.25) is 9.59 Å². The van der Waals surface area contributed by atoms with E-state index in [9.17, 15) is 19.5 Å². The Balaban J connectivity index is 1.89. The lowest BCUT2D eigenvalue weighted by Crippen LogP contribution is -2.66. The summed E-state index contributed by atoms with van der Waals surface area (Å²) in [6.45, 7) is 4.43. The summed E-state index contributed by atoms with van der Waals surface area (Å²) in [6, 6.07) is 3.83. The molecule has 2 fully saturated rings. The van der Waals surface area contributed by atoms with E-state index in [1.165, 1.54) is 4.90 Å². The zero-order chi connectivity index (χ0) is 25.5. The number of carboxylic acids is 1. The molecule has 2 atom stereocenters. The summed E-state index contributed by atoms with van der Waals surface area (Å²) in [5.74, 6) is 0.208. The van der Waals surface area contributed by atoms with Crippen LogP contribution in [-0.4, -0.2) is 71.7 Å². The van der Waals surface area contributed by atoms with Crippen LogP contribution >= 0.6 is 0 Å². The number of hydrogen-bond donors (Lipinski definition) is 2. The predicted molar refractivity (Wildman–Crippen MR) is 131 cm³/mol. The highest BCUT2D eigenvalue weighted by molar-refractivity contribution is 5.89. The predicted octanol–water partition coefficient (Wildman–Crippen LogP) is 3.65. The van der Waals surface area contributed by atoms with Crippen molar-refractivity contribution in [3.63, 3.8) is 0 Å². The molecular weight excluding hydrogens is 450 g/mol. The summed E-state index contributed by atoms with van der Waals surface area (Å²) >= 11 is 0. The van der Waals surface area contributed by atoms with Gasteiger partial charge in [-0.25, -0.2) is 4.79 Å². The van der Waals surface area contributed by atoms with Crippen LogP contribution in [0, 0.1) is 5.92 Å². The summed E-state index contributed by atoms with van der Waals surface area (Å²) in [7, 11) is 3.13. The third-order valence-corrected chi connectivity index (χ3v) is 6.81. The van der Waals surface area contributed by atoms with Gasteiger partial charge in [-0.15, -0.1) is 0 Å². The molecule has 1 aliphatic carbocycles. The maximum absolute atomic E-state index is 13.7. The Labute approximate surface area is 207 Å². The van der Waals surface area contributed by atoms with Crippen molar-refractivity contribution in [2.75, 3.05) is 20.8 Å². The van der Waals surface area contributed by atoms with E-state index in [1.54, 1.807) is 25.2 Å². The second kappa shape index (κ2) is 12.1. The van der Waals surface area contributed by atoms with Crippen LogP contribution in [0.2, 0.25) is 0 Å². The molecule has 0 spiro atoms. The van der Waals surface area contributed by atoms with Crippen LogP contribution in [0.25, 0.3) is 0 Å². The van der Waals surface area contributed by atoms with Gasteiger partial charge >= 0.3 is 12.0 Å². The monoisotopic (exact) mass is 489 g/mol. The standard InChI is InChI=1S/C26H39N3O6/c1-17(2)10-23-25(32)28(15-18-11-21(34-3)14-22(12-18)35-4)16-20(13-24(30)31)29(23)26(33)27-19-8-6-5-7-9-19/h11-12,14,17,19-20,23H,5-10,13,15-16H2,1-4H3,(H,27,33)(H,30,31)/t20-,23-/m0/s1. The van der Waals surface area contributed by atoms with E-state index in [0.29, 0.717) is 17.9 Å². The zero-order valence-electron chi connectivity index (χ0n) is 21.3. The van der Waals surface area contributed by atoms with Gasteiger partial charge in [-0.05, 0) is 42.9 Å². The van der Waals surface area contributed by atoms with Gasteiger partial charge in [0.05, 0.1) is 26.7 Å². The second-order valence-electron chi connectivity index (χ2n) is 10.0. The largest absolute Gasteiger partial charge is 0.497 e. The van der Waals surface area contributed by atoms with E-state index < -0.39 is 18.1 Å². The maximum atomic E-state index is 13.7. The number of carbonyl (C=O) groups excluding carboxylic acids is 2. The van der Waals surface area contributed by atoms with Gasteiger partial charge in [0.1, 0.15) is 17.5 Å². The summed E-state index contributed by atoms with van der Waals surface area (Å²) in [6.07, 6.45) is 5.36. The molecule has 0 radical (unpaired) electrons. The molecule has 3 amide bonds. The molecule has 1 saturated heterocycles. The lowest BCUT2D eigenvalue weighted by Gasteiger charge is -2.46. The van der Waals surface area contributed by atoms with Gasteiger partial charge in [-0.1, -0.05) is 33.1 Å². The quantitative estimate of drug-likeness (QED) is 0.548. The van der Waals surface area contributed by atoms with Crippen molar-refractivity contribution in [1.82, 2.24) is 15.1 Å². The smallest absolute Gasteiger partial charge is 0.318 e. The number of hydrogen-bond acceptors (Lipinski definition) is 5. The molecule has 9 nitrogen and oxygen atoms in total. The van der Waals surface area contributed by atoms with Crippen molar-refractivity contribution in [1.29, 1.82) is 0 Å². The number of aliphatic carboxylic acids is 1. The first kappa shape index (κ1) is 26.6. The normalized spacial score (nSPS) is 21.2. The van der Waals surface area contributed by atoms with Crippen molar-refractivity contribution < 1.29 is 29.0 Å². The molecular formula is C26H39N3O6. The topological polar surface area (TPSA) is 108 Å². The molecule has 1 aromatic carbocycles. The first-order chi connectivity index (χ1) is 16.7. The second-order valence-corrected chi connectivity index (χ2v) is 10.0. The number of ether oxygens (including phenoxy) is 2. The third kappa shape index (κ3) is 7.02. The van der Waals surface area contributed by atoms with Gasteiger partial charge in [0.2, 0.25) is 5.91 Å². The number of methoxy groups -OCH3 is 2. The lowest BCUT2D eigenvalue weighted by atomic mass is 9.94. The molecule has 3 rings (SSSR count). The van der Waals surface area contributed by atoms with Crippen LogP contribution in [0.5, 0.6) is 11.5 Å². The van der Waals surface area contributed by atoms with Crippen LogP contribution < -0.4 is 14.8 Å². The SMILES string of the molecule is COc1cc(CN2C[C@H](CC(=O)O)N(C(=O)NC3CCCCC3)[C@@H](CC(C)C)C2=O)cc(OC)c1. The molecule has 1 aromatic rings. The average Bonchev–Trinajstić information content (AvgIpc) is 2.81. The zero-order valence-corrected chi connectivity index (χ0v) is 21.3. The van der Waals surface area contributed by atoms with Crippen molar-refractivity contribution in [2.45, 2.75) is 83.5 Å². The Morgan fingerprint density at radius 2 is 1.71 bits per heavy atom. The Hall–Kier alpha value is -2.97. The minimum absolute atomic E-state index is 0.0683. The fraction of sp³-hybridized carbons (Fsp3) is 0.654. The number of rotatable bonds is 9. The Morgan fingerprint density at radius 3 is 2.26 bits per heavy atom. The summed E-state index contributed by atoms with van der Waals surface area (Å²) in [4.78, 5) is 42.1. The molecule has 35 heavy (non-hydrogen) atoms. The fourth-order valence-corrected chi connectivity index (χ4v) is 5.17. The number of nitrogens with zero attached hydrogens (tertiary/aromatic N) is 2. The van der Waals surface area contributed by atoms with Crippen LogP contribution in [0.1, 0.15) is 64.4 Å². The van der Waals surface area contributed by atoms with Crippen molar-refractivity contribution >= 4 is 17.9 Å². The van der Waals surface area contributed by atoms with E-state index in [-0.39, 0.29) is 43.4 Å². The molecule has 1 saturated carbocycles. The van der Waals surface area contributed by atoms with E-state index >= 15 is 0 Å². The van der Waals surface area contributed by atoms with Crippen LogP contribution in [0.4, 0.5) is 4.79 Å². The lowest BCUT2D eigenvalue weighted by molar-refractivity contribution is -0.148. The van der Waals surface area contributed by atoms with Gasteiger partial charge < -0.3 is 29.7 Å². The Bertz CT molecular complexity index is 877. The van der Waals surface area contributed by atoms with Crippen LogP contribution in [0.15, 0.2) is 18.2 Å². The van der Waals surface area contributed by atoms with Crippen LogP contribution in [0.3, 0.4) is 0 Å². The number of carboxylic acid groups (broad SMARTS) is 1. The summed E-state index contributed by atoms with van der Waals surface area (Å²) in [5.41, 5.74) is 0.812. The number of piperazine rings is 1. The van der Waals surface area contributed by atoms with E-state index in [1.807, 2.05) is 26.0 Å². The van der Waals surface area contributed by atoms with Crippen molar-refractivity contribution in [2.24, 2.45) is 5.92 Å². The Kier molecular flexibility index (Phi) is 9.23. The number of carbonyl (C=O) groups is 3. The Morgan fingerprint density at radius 1 is 1.09 bits per heavy atom. The molecule has 2 N–H and O–H groups in total. The van der Waals surface area contributed by atoms with Crippen molar-refractivity contribution in [3.05, 3.63) is 23.8 Å². The molecule has 1 aliphatic heterocycles. The highest BCUT2D eigenvalue weighted by atomic mass is 16.5. The fourth-order valence-electron chi connectivity index (χ4n) is 5.17. The van der Waals surface area contributed by atoms with Gasteiger partial charge in [0.25, 0.3) is 0 Å². The first-order valence-electron chi connectivity index (χ1n) is 12.5. The van der Waals surface area contributed by atoms with Gasteiger partial charge in [0.15, 0.2) is 0 Å². The third-order valence-electron chi connectivity index (χ3n) is 6.81. The first-order valence-corrected chi connectivity index (χ1v) is 12.5. The average molecular weight is 490 g/mol. The minimum Gasteiger partial charge on any atom is -0.497 e. The number of urea groups is 1. The molecule has 0 unspecified atom stereocenters. The van der Waals surface area contributed by atoms with E-state index in [4.69, 9.17) is 9.47 Å². The van der Waals surface area contributed by atoms with E-state index in [0.717, 1.165) is 37.7 Å². The van der Waals surface area contributed by atoms with Crippen LogP contribution in [-0.2, 0) is 16.1 Å². The summed E-state index contributed by atoms with van der Waals surface area (Å²) < 4.78 is 10.7. The van der Waals surface area contributed by atoms with Gasteiger partial charge in [-0.2, -0.15) is 0 Å². The number of nitrogens with one attached hydrogen (secondary N) is 1. The van der Waals surface area contributed by atoms with Crippen molar-refractivity contribution in [3.8, 4) is 11.5 Å². The molecule has 194 valence electrons. The molecule has 9 heteroatoms. The number of benzene rings is 1. The maximum Gasteiger partial charge on any atom is 0.318 e. The highest BCUT2D eigenvalue weighted by Crippen LogP contribution is 2.29. The van der Waals surface area contributed by atoms with E-state index in [2.05, 4.69) is 5.32 Å².